The van der Waals surface area contributed by atoms with Crippen LogP contribution in [-0.4, -0.2) is 76.9 Å². The second-order valence-corrected chi connectivity index (χ2v) is 6.91. The van der Waals surface area contributed by atoms with Gasteiger partial charge < -0.3 is 24.6 Å². The van der Waals surface area contributed by atoms with Crippen molar-refractivity contribution in [1.29, 1.82) is 0 Å². The van der Waals surface area contributed by atoms with Crippen LogP contribution in [0.3, 0.4) is 0 Å². The molecule has 1 heterocycles. The van der Waals surface area contributed by atoms with E-state index in [0.29, 0.717) is 26.1 Å². The van der Waals surface area contributed by atoms with E-state index in [1.54, 1.807) is 14.1 Å². The van der Waals surface area contributed by atoms with Gasteiger partial charge in [0, 0.05) is 40.5 Å². The van der Waals surface area contributed by atoms with E-state index in [2.05, 4.69) is 5.32 Å². The molecule has 2 amide bonds. The number of likely N-dealkylation sites (N-methyl/N-ethyl adjacent to an activating group) is 1. The number of hydrogen-bond donors (Lipinski definition) is 1. The summed E-state index contributed by atoms with van der Waals surface area (Å²) in [5.74, 6) is -0.163. The first-order valence-corrected chi connectivity index (χ1v) is 8.82. The molecule has 2 rings (SSSR count). The second-order valence-electron chi connectivity index (χ2n) is 6.91. The number of carbonyl (C=O) groups is 2. The highest BCUT2D eigenvalue weighted by atomic mass is 16.5. The highest BCUT2D eigenvalue weighted by Crippen LogP contribution is 2.14. The van der Waals surface area contributed by atoms with Gasteiger partial charge in [-0.25, -0.2) is 0 Å². The van der Waals surface area contributed by atoms with E-state index in [1.807, 2.05) is 43.3 Å². The number of ether oxygens (including phenoxy) is 2. The smallest absolute Gasteiger partial charge is 0.248 e. The Bertz CT molecular complexity index is 601. The summed E-state index contributed by atoms with van der Waals surface area (Å²) < 4.78 is 11.1. The molecule has 0 saturated carbocycles. The minimum atomic E-state index is -0.312. The van der Waals surface area contributed by atoms with Gasteiger partial charge in [-0.1, -0.05) is 12.1 Å². The molecule has 1 saturated heterocycles. The standard InChI is InChI=1S/C19H29N3O4/c1-21(2)15-7-5-14(6-8-15)11-18(23)20-16-9-10-25-12-17(16)26-13-19(24)22(3)4/h5-8,16-17H,9-13H2,1-4H3,(H,20,23). The lowest BCUT2D eigenvalue weighted by atomic mass is 10.0. The van der Waals surface area contributed by atoms with Crippen molar-refractivity contribution in [1.82, 2.24) is 10.2 Å². The van der Waals surface area contributed by atoms with Crippen molar-refractivity contribution in [2.75, 3.05) is 52.9 Å². The molecule has 1 fully saturated rings. The van der Waals surface area contributed by atoms with E-state index < -0.39 is 0 Å². The topological polar surface area (TPSA) is 71.1 Å². The zero-order chi connectivity index (χ0) is 19.1. The summed E-state index contributed by atoms with van der Waals surface area (Å²) in [7, 11) is 7.33. The first-order chi connectivity index (χ1) is 12.4. The van der Waals surface area contributed by atoms with Crippen molar-refractivity contribution >= 4 is 17.5 Å². The average molecular weight is 363 g/mol. The Balaban J connectivity index is 1.87. The lowest BCUT2D eigenvalue weighted by Gasteiger charge is -2.32. The Kier molecular flexibility index (Phi) is 7.41. The van der Waals surface area contributed by atoms with E-state index in [-0.39, 0.29) is 30.6 Å². The lowest BCUT2D eigenvalue weighted by molar-refractivity contribution is -0.141. The number of nitrogens with one attached hydrogen (secondary N) is 1. The summed E-state index contributed by atoms with van der Waals surface area (Å²) in [6, 6.07) is 7.77. The summed E-state index contributed by atoms with van der Waals surface area (Å²) in [5, 5.41) is 3.03. The largest absolute Gasteiger partial charge is 0.379 e. The number of nitrogens with zero attached hydrogens (tertiary/aromatic N) is 2. The molecule has 7 heteroatoms. The highest BCUT2D eigenvalue weighted by molar-refractivity contribution is 5.79. The maximum atomic E-state index is 12.4. The molecule has 1 N–H and O–H groups in total. The number of anilines is 1. The van der Waals surface area contributed by atoms with Gasteiger partial charge in [-0.05, 0) is 24.1 Å². The number of carbonyl (C=O) groups excluding carboxylic acids is 2. The third kappa shape index (κ3) is 6.00. The van der Waals surface area contributed by atoms with E-state index in [9.17, 15) is 9.59 Å². The molecule has 26 heavy (non-hydrogen) atoms. The van der Waals surface area contributed by atoms with Crippen molar-refractivity contribution in [3.8, 4) is 0 Å². The van der Waals surface area contributed by atoms with Crippen molar-refractivity contribution in [3.05, 3.63) is 29.8 Å². The summed E-state index contributed by atoms with van der Waals surface area (Å²) in [4.78, 5) is 27.6. The molecule has 0 spiro atoms. The number of hydrogen-bond acceptors (Lipinski definition) is 5. The van der Waals surface area contributed by atoms with E-state index >= 15 is 0 Å². The van der Waals surface area contributed by atoms with Gasteiger partial charge in [0.1, 0.15) is 12.7 Å². The minimum Gasteiger partial charge on any atom is -0.379 e. The number of rotatable bonds is 7. The van der Waals surface area contributed by atoms with Gasteiger partial charge in [0.25, 0.3) is 0 Å². The average Bonchev–Trinajstić information content (AvgIpc) is 2.61. The van der Waals surface area contributed by atoms with Crippen LogP contribution in [0.5, 0.6) is 0 Å². The molecule has 2 unspecified atom stereocenters. The van der Waals surface area contributed by atoms with Crippen molar-refractivity contribution < 1.29 is 19.1 Å². The van der Waals surface area contributed by atoms with Crippen molar-refractivity contribution in [2.45, 2.75) is 25.0 Å². The fourth-order valence-corrected chi connectivity index (χ4v) is 2.70. The Morgan fingerprint density at radius 2 is 1.88 bits per heavy atom. The maximum Gasteiger partial charge on any atom is 0.248 e. The number of benzene rings is 1. The summed E-state index contributed by atoms with van der Waals surface area (Å²) in [6.07, 6.45) is 0.674. The molecular formula is C19H29N3O4. The van der Waals surface area contributed by atoms with Crippen LogP contribution < -0.4 is 10.2 Å². The van der Waals surface area contributed by atoms with Crippen LogP contribution in [-0.2, 0) is 25.5 Å². The van der Waals surface area contributed by atoms with E-state index in [4.69, 9.17) is 9.47 Å². The third-order valence-electron chi connectivity index (χ3n) is 4.39. The SMILES string of the molecule is CN(C)C(=O)COC1COCCC1NC(=O)Cc1ccc(N(C)C)cc1. The van der Waals surface area contributed by atoms with Crippen LogP contribution in [0.4, 0.5) is 5.69 Å². The van der Waals surface area contributed by atoms with Gasteiger partial charge in [-0.2, -0.15) is 0 Å². The Hall–Kier alpha value is -2.12. The van der Waals surface area contributed by atoms with Crippen molar-refractivity contribution in [2.24, 2.45) is 0 Å². The predicted octanol–water partition coefficient (Wildman–Crippen LogP) is 0.674. The molecule has 1 aliphatic rings. The molecule has 0 bridgehead atoms. The zero-order valence-corrected chi connectivity index (χ0v) is 16.0. The zero-order valence-electron chi connectivity index (χ0n) is 16.0. The molecule has 144 valence electrons. The van der Waals surface area contributed by atoms with E-state index in [0.717, 1.165) is 11.3 Å². The third-order valence-corrected chi connectivity index (χ3v) is 4.39. The first kappa shape index (κ1) is 20.2. The molecule has 0 radical (unpaired) electrons. The molecular weight excluding hydrogens is 334 g/mol. The van der Waals surface area contributed by atoms with Crippen LogP contribution in [0, 0.1) is 0 Å². The maximum absolute atomic E-state index is 12.4. The monoisotopic (exact) mass is 363 g/mol. The van der Waals surface area contributed by atoms with Crippen LogP contribution in [0.15, 0.2) is 24.3 Å². The Morgan fingerprint density at radius 3 is 2.50 bits per heavy atom. The van der Waals surface area contributed by atoms with Gasteiger partial charge in [0.05, 0.1) is 19.1 Å². The predicted molar refractivity (Wildman–Crippen MR) is 100 cm³/mol. The summed E-state index contributed by atoms with van der Waals surface area (Å²) in [6.45, 7) is 0.937. The Labute approximate surface area is 155 Å². The molecule has 7 nitrogen and oxygen atoms in total. The van der Waals surface area contributed by atoms with Crippen LogP contribution in [0.2, 0.25) is 0 Å². The minimum absolute atomic E-state index is 0.0145. The second kappa shape index (κ2) is 9.54. The van der Waals surface area contributed by atoms with Gasteiger partial charge in [0.15, 0.2) is 0 Å². The summed E-state index contributed by atoms with van der Waals surface area (Å²) >= 11 is 0. The normalized spacial score (nSPS) is 19.7. The molecule has 1 aromatic rings. The van der Waals surface area contributed by atoms with Gasteiger partial charge in [0.2, 0.25) is 11.8 Å². The van der Waals surface area contributed by atoms with Crippen LogP contribution in [0.1, 0.15) is 12.0 Å². The first-order valence-electron chi connectivity index (χ1n) is 8.82. The highest BCUT2D eigenvalue weighted by Gasteiger charge is 2.28. The molecule has 1 aromatic carbocycles. The molecule has 0 aromatic heterocycles. The van der Waals surface area contributed by atoms with E-state index in [1.165, 1.54) is 4.90 Å². The fraction of sp³-hybridized carbons (Fsp3) is 0.579. The molecule has 1 aliphatic heterocycles. The van der Waals surface area contributed by atoms with Crippen LogP contribution >= 0.6 is 0 Å². The lowest BCUT2D eigenvalue weighted by Crippen LogP contribution is -2.51. The summed E-state index contributed by atoms with van der Waals surface area (Å²) in [5.41, 5.74) is 2.05. The molecule has 2 atom stereocenters. The quantitative estimate of drug-likeness (QED) is 0.771. The van der Waals surface area contributed by atoms with Crippen molar-refractivity contribution in [3.63, 3.8) is 0 Å². The van der Waals surface area contributed by atoms with Crippen LogP contribution in [0.25, 0.3) is 0 Å². The van der Waals surface area contributed by atoms with Gasteiger partial charge in [-0.15, -0.1) is 0 Å². The molecule has 0 aliphatic carbocycles. The number of amides is 2. The van der Waals surface area contributed by atoms with Gasteiger partial charge in [-0.3, -0.25) is 9.59 Å². The van der Waals surface area contributed by atoms with Gasteiger partial charge >= 0.3 is 0 Å². The fourth-order valence-electron chi connectivity index (χ4n) is 2.70. The Morgan fingerprint density at radius 1 is 1.19 bits per heavy atom.